The number of likely N-dealkylation sites (N-methyl/N-ethyl adjacent to an activating group) is 1. The number of nitro groups is 2. The molecule has 9 nitrogen and oxygen atoms in total. The van der Waals surface area contributed by atoms with Gasteiger partial charge in [-0.2, -0.15) is 0 Å². The van der Waals surface area contributed by atoms with Gasteiger partial charge in [-0.05, 0) is 32.0 Å². The summed E-state index contributed by atoms with van der Waals surface area (Å²) in [4.78, 5) is 49.1. The van der Waals surface area contributed by atoms with Gasteiger partial charge in [-0.15, -0.1) is 0 Å². The van der Waals surface area contributed by atoms with Crippen molar-refractivity contribution in [2.75, 3.05) is 20.1 Å². The lowest BCUT2D eigenvalue weighted by Crippen LogP contribution is -2.76. The Labute approximate surface area is 138 Å². The van der Waals surface area contributed by atoms with E-state index >= 15 is 0 Å². The minimum atomic E-state index is -2.13. The Morgan fingerprint density at radius 2 is 1.88 bits per heavy atom. The normalized spacial score (nSPS) is 39.7. The fraction of sp³-hybridized carbons (Fsp3) is 0.733. The highest BCUT2D eigenvalue weighted by Gasteiger charge is 2.75. The van der Waals surface area contributed by atoms with Crippen LogP contribution in [0.15, 0.2) is 12.2 Å². The topological polar surface area (TPSA) is 124 Å². The van der Waals surface area contributed by atoms with Gasteiger partial charge >= 0.3 is 5.54 Å². The molecule has 4 atom stereocenters. The Morgan fingerprint density at radius 3 is 2.46 bits per heavy atom. The van der Waals surface area contributed by atoms with Crippen LogP contribution in [0.5, 0.6) is 0 Å². The number of hydrogen-bond acceptors (Lipinski definition) is 7. The summed E-state index contributed by atoms with van der Waals surface area (Å²) >= 11 is 0. The molecule has 130 valence electrons. The highest BCUT2D eigenvalue weighted by molar-refractivity contribution is 6.00. The van der Waals surface area contributed by atoms with E-state index in [2.05, 4.69) is 0 Å². The van der Waals surface area contributed by atoms with E-state index in [0.29, 0.717) is 19.3 Å². The number of fused-ring (bicyclic) bond motifs is 2. The first-order valence-corrected chi connectivity index (χ1v) is 7.99. The summed E-state index contributed by atoms with van der Waals surface area (Å²) in [6.07, 6.45) is 4.14. The first-order valence-electron chi connectivity index (χ1n) is 7.99. The standard InChI is InChI=1S/C15H19N3O6/c1-16-8-14(17(21)22)7-6-12(20)15(9-16,18(23)24)13(14)10-4-2-3-5-11(10)19/h6-7,10,13H,2-5,8-9H2,1H3. The summed E-state index contributed by atoms with van der Waals surface area (Å²) in [5.41, 5.74) is -3.92. The summed E-state index contributed by atoms with van der Waals surface area (Å²) in [5, 5.41) is 23.9. The molecule has 0 spiro atoms. The number of carbonyl (C=O) groups excluding carboxylic acids is 2. The zero-order chi connectivity index (χ0) is 17.7. The van der Waals surface area contributed by atoms with Gasteiger partial charge in [0, 0.05) is 22.2 Å². The van der Waals surface area contributed by atoms with Crippen molar-refractivity contribution in [3.05, 3.63) is 32.4 Å². The average Bonchev–Trinajstić information content (AvgIpc) is 2.51. The third kappa shape index (κ3) is 2.03. The van der Waals surface area contributed by atoms with Gasteiger partial charge in [0.2, 0.25) is 5.78 Å². The number of nitrogens with zero attached hydrogens (tertiary/aromatic N) is 3. The molecular weight excluding hydrogens is 318 g/mol. The third-order valence-corrected chi connectivity index (χ3v) is 5.71. The minimum absolute atomic E-state index is 0.0478. The van der Waals surface area contributed by atoms with Crippen LogP contribution in [0.1, 0.15) is 25.7 Å². The maximum atomic E-state index is 12.5. The lowest BCUT2D eigenvalue weighted by Gasteiger charge is -2.50. The lowest BCUT2D eigenvalue weighted by molar-refractivity contribution is -0.626. The lowest BCUT2D eigenvalue weighted by atomic mass is 9.55. The molecule has 4 unspecified atom stereocenters. The van der Waals surface area contributed by atoms with E-state index in [1.54, 1.807) is 0 Å². The van der Waals surface area contributed by atoms with Crippen LogP contribution in [0.25, 0.3) is 0 Å². The Bertz CT molecular complexity index is 662. The molecule has 24 heavy (non-hydrogen) atoms. The van der Waals surface area contributed by atoms with E-state index in [4.69, 9.17) is 0 Å². The molecule has 3 aliphatic rings. The molecule has 2 bridgehead atoms. The molecule has 1 aliphatic heterocycles. The van der Waals surface area contributed by atoms with Gasteiger partial charge in [0.15, 0.2) is 0 Å². The number of ketones is 2. The van der Waals surface area contributed by atoms with Gasteiger partial charge in [0.05, 0.1) is 13.1 Å². The van der Waals surface area contributed by atoms with Crippen molar-refractivity contribution in [2.24, 2.45) is 11.8 Å². The van der Waals surface area contributed by atoms with Crippen LogP contribution in [0.3, 0.4) is 0 Å². The summed E-state index contributed by atoms with van der Waals surface area (Å²) in [5.74, 6) is -3.01. The highest BCUT2D eigenvalue weighted by atomic mass is 16.6. The van der Waals surface area contributed by atoms with Gasteiger partial charge in [-0.3, -0.25) is 34.7 Å². The first kappa shape index (κ1) is 16.7. The fourth-order valence-electron chi connectivity index (χ4n) is 4.80. The highest BCUT2D eigenvalue weighted by Crippen LogP contribution is 2.50. The summed E-state index contributed by atoms with van der Waals surface area (Å²) in [6.45, 7) is -0.263. The van der Waals surface area contributed by atoms with Crippen molar-refractivity contribution < 1.29 is 19.4 Å². The zero-order valence-electron chi connectivity index (χ0n) is 13.3. The molecule has 2 fully saturated rings. The van der Waals surface area contributed by atoms with Crippen LogP contribution in [0.4, 0.5) is 0 Å². The first-order chi connectivity index (χ1) is 11.3. The molecule has 0 aromatic carbocycles. The number of carbonyl (C=O) groups is 2. The molecule has 0 aromatic heterocycles. The predicted molar refractivity (Wildman–Crippen MR) is 81.5 cm³/mol. The Hall–Kier alpha value is -2.16. The summed E-state index contributed by atoms with van der Waals surface area (Å²) in [6, 6.07) is 0. The second-order valence-corrected chi connectivity index (χ2v) is 7.10. The van der Waals surface area contributed by atoms with E-state index in [0.717, 1.165) is 6.08 Å². The molecule has 0 aromatic rings. The SMILES string of the molecule is CN1CC2([N+](=O)[O-])C=CC(=O)C([N+](=O)[O-])(C1)C2C1CCCCC1=O. The smallest absolute Gasteiger partial charge is 0.299 e. The molecule has 2 aliphatic carbocycles. The monoisotopic (exact) mass is 337 g/mol. The number of likely N-dealkylation sites (tertiary alicyclic amines) is 1. The third-order valence-electron chi connectivity index (χ3n) is 5.71. The molecule has 0 amide bonds. The minimum Gasteiger partial charge on any atom is -0.299 e. The van der Waals surface area contributed by atoms with Gasteiger partial charge in [-0.25, -0.2) is 0 Å². The molecule has 1 saturated heterocycles. The molecule has 3 rings (SSSR count). The van der Waals surface area contributed by atoms with Crippen LogP contribution in [0, 0.1) is 32.1 Å². The number of rotatable bonds is 3. The Morgan fingerprint density at radius 1 is 1.17 bits per heavy atom. The van der Waals surface area contributed by atoms with Gasteiger partial charge in [0.1, 0.15) is 11.7 Å². The van der Waals surface area contributed by atoms with Crippen molar-refractivity contribution in [1.82, 2.24) is 4.90 Å². The summed E-state index contributed by atoms with van der Waals surface area (Å²) < 4.78 is 0. The largest absolute Gasteiger partial charge is 0.306 e. The van der Waals surface area contributed by atoms with Crippen molar-refractivity contribution in [3.63, 3.8) is 0 Å². The van der Waals surface area contributed by atoms with Gasteiger partial charge in [-0.1, -0.05) is 6.42 Å². The quantitative estimate of drug-likeness (QED) is 0.542. The molecule has 1 heterocycles. The Balaban J connectivity index is 2.25. The van der Waals surface area contributed by atoms with Crippen molar-refractivity contribution in [1.29, 1.82) is 0 Å². The van der Waals surface area contributed by atoms with E-state index in [-0.39, 0.29) is 25.3 Å². The molecular formula is C15H19N3O6. The van der Waals surface area contributed by atoms with Crippen LogP contribution in [0.2, 0.25) is 0 Å². The molecule has 0 N–H and O–H groups in total. The molecule has 1 saturated carbocycles. The van der Waals surface area contributed by atoms with E-state index in [1.165, 1.54) is 18.0 Å². The van der Waals surface area contributed by atoms with Crippen molar-refractivity contribution in [2.45, 2.75) is 36.8 Å². The second kappa shape index (κ2) is 5.44. The molecule has 9 heteroatoms. The van der Waals surface area contributed by atoms with Crippen molar-refractivity contribution in [3.8, 4) is 0 Å². The van der Waals surface area contributed by atoms with Crippen LogP contribution in [-0.2, 0) is 9.59 Å². The maximum absolute atomic E-state index is 12.5. The van der Waals surface area contributed by atoms with E-state index < -0.39 is 38.5 Å². The zero-order valence-corrected chi connectivity index (χ0v) is 13.3. The maximum Gasteiger partial charge on any atom is 0.306 e. The number of Topliss-reactive ketones (excluding diaryl/α,β-unsaturated/α-hetero) is 1. The average molecular weight is 337 g/mol. The van der Waals surface area contributed by atoms with Crippen LogP contribution < -0.4 is 0 Å². The van der Waals surface area contributed by atoms with Crippen LogP contribution in [-0.4, -0.2) is 57.5 Å². The Kier molecular flexibility index (Phi) is 3.78. The van der Waals surface area contributed by atoms with Crippen molar-refractivity contribution >= 4 is 11.6 Å². The number of hydrogen-bond donors (Lipinski definition) is 0. The number of piperidine rings is 1. The fourth-order valence-corrected chi connectivity index (χ4v) is 4.80. The summed E-state index contributed by atoms with van der Waals surface area (Å²) in [7, 11) is 1.53. The van der Waals surface area contributed by atoms with Crippen LogP contribution >= 0.6 is 0 Å². The predicted octanol–water partition coefficient (Wildman–Crippen LogP) is 0.477. The van der Waals surface area contributed by atoms with Gasteiger partial charge < -0.3 is 0 Å². The van der Waals surface area contributed by atoms with E-state index in [9.17, 15) is 29.8 Å². The molecule has 0 radical (unpaired) electrons. The van der Waals surface area contributed by atoms with E-state index in [1.807, 2.05) is 0 Å². The van der Waals surface area contributed by atoms with Gasteiger partial charge in [0.25, 0.3) is 5.54 Å². The second-order valence-electron chi connectivity index (χ2n) is 7.10.